The summed E-state index contributed by atoms with van der Waals surface area (Å²) in [5.74, 6) is -0.0734. The molecule has 1 aliphatic carbocycles. The van der Waals surface area contributed by atoms with Gasteiger partial charge in [-0.15, -0.1) is 0 Å². The molecule has 2 fully saturated rings. The Morgan fingerprint density at radius 2 is 2.00 bits per heavy atom. The van der Waals surface area contributed by atoms with Gasteiger partial charge >= 0.3 is 12.0 Å². The summed E-state index contributed by atoms with van der Waals surface area (Å²) >= 11 is 0. The quantitative estimate of drug-likeness (QED) is 0.611. The van der Waals surface area contributed by atoms with E-state index < -0.39 is 11.6 Å². The van der Waals surface area contributed by atoms with E-state index in [1.165, 1.54) is 12.8 Å². The number of carbonyl (C=O) groups excluding carboxylic acids is 3. The first kappa shape index (κ1) is 14.8. The maximum atomic E-state index is 11.9. The number of esters is 1. The average Bonchev–Trinajstić information content (AvgIpc) is 2.91. The Morgan fingerprint density at radius 1 is 1.35 bits per heavy atom. The molecule has 0 spiro atoms. The first-order valence-electron chi connectivity index (χ1n) is 7.20. The van der Waals surface area contributed by atoms with Gasteiger partial charge in [0.1, 0.15) is 12.1 Å². The minimum absolute atomic E-state index is 0.0702. The van der Waals surface area contributed by atoms with Crippen molar-refractivity contribution in [2.24, 2.45) is 5.92 Å². The number of imide groups is 1. The summed E-state index contributed by atoms with van der Waals surface area (Å²) in [6, 6.07) is -0.424. The lowest BCUT2D eigenvalue weighted by Gasteiger charge is -2.16. The summed E-state index contributed by atoms with van der Waals surface area (Å²) in [6.45, 7) is 3.49. The first-order chi connectivity index (χ1) is 9.40. The molecule has 6 heteroatoms. The van der Waals surface area contributed by atoms with Crippen LogP contribution in [0, 0.1) is 5.92 Å². The van der Waals surface area contributed by atoms with E-state index in [4.69, 9.17) is 4.74 Å². The first-order valence-corrected chi connectivity index (χ1v) is 7.20. The van der Waals surface area contributed by atoms with Crippen molar-refractivity contribution in [3.8, 4) is 0 Å². The van der Waals surface area contributed by atoms with Crippen LogP contribution in [0.5, 0.6) is 0 Å². The van der Waals surface area contributed by atoms with Gasteiger partial charge in [0.15, 0.2) is 0 Å². The topological polar surface area (TPSA) is 75.7 Å². The number of ether oxygens (including phenoxy) is 1. The van der Waals surface area contributed by atoms with Crippen LogP contribution in [0.25, 0.3) is 0 Å². The van der Waals surface area contributed by atoms with E-state index in [2.05, 4.69) is 5.32 Å². The molecule has 112 valence electrons. The highest BCUT2D eigenvalue weighted by molar-refractivity contribution is 6.06. The van der Waals surface area contributed by atoms with E-state index in [-0.39, 0.29) is 25.0 Å². The molecule has 1 saturated carbocycles. The summed E-state index contributed by atoms with van der Waals surface area (Å²) in [5, 5.41) is 2.59. The van der Waals surface area contributed by atoms with Crippen molar-refractivity contribution in [1.82, 2.24) is 10.2 Å². The third-order valence-corrected chi connectivity index (χ3v) is 3.95. The zero-order valence-corrected chi connectivity index (χ0v) is 12.1. The summed E-state index contributed by atoms with van der Waals surface area (Å²) in [6.07, 6.45) is 5.02. The van der Waals surface area contributed by atoms with Crippen LogP contribution < -0.4 is 5.32 Å². The fourth-order valence-electron chi connectivity index (χ4n) is 2.78. The Kier molecular flexibility index (Phi) is 4.30. The van der Waals surface area contributed by atoms with Crippen molar-refractivity contribution in [2.45, 2.75) is 51.5 Å². The second kappa shape index (κ2) is 5.81. The summed E-state index contributed by atoms with van der Waals surface area (Å²) in [4.78, 5) is 36.2. The molecule has 0 aromatic heterocycles. The van der Waals surface area contributed by atoms with Crippen LogP contribution in [0.1, 0.15) is 46.0 Å². The third-order valence-electron chi connectivity index (χ3n) is 3.95. The molecule has 0 aromatic carbocycles. The lowest BCUT2D eigenvalue weighted by atomic mass is 10.0. The van der Waals surface area contributed by atoms with Crippen LogP contribution >= 0.6 is 0 Å². The van der Waals surface area contributed by atoms with Crippen LogP contribution in [-0.4, -0.2) is 41.5 Å². The summed E-state index contributed by atoms with van der Waals surface area (Å²) in [5.41, 5.74) is -0.870. The second-order valence-electron chi connectivity index (χ2n) is 6.09. The Labute approximate surface area is 118 Å². The number of nitrogens with one attached hydrogen (secondary N) is 1. The van der Waals surface area contributed by atoms with Crippen molar-refractivity contribution in [2.75, 3.05) is 13.2 Å². The molecule has 20 heavy (non-hydrogen) atoms. The van der Waals surface area contributed by atoms with Crippen LogP contribution in [-0.2, 0) is 14.3 Å². The monoisotopic (exact) mass is 282 g/mol. The van der Waals surface area contributed by atoms with Gasteiger partial charge in [-0.25, -0.2) is 4.79 Å². The number of hydrogen-bond donors (Lipinski definition) is 1. The Balaban J connectivity index is 1.71. The molecule has 1 saturated heterocycles. The van der Waals surface area contributed by atoms with Gasteiger partial charge in [-0.2, -0.15) is 0 Å². The van der Waals surface area contributed by atoms with Crippen molar-refractivity contribution in [3.63, 3.8) is 0 Å². The van der Waals surface area contributed by atoms with Crippen molar-refractivity contribution in [1.29, 1.82) is 0 Å². The van der Waals surface area contributed by atoms with Crippen LogP contribution in [0.3, 0.4) is 0 Å². The van der Waals surface area contributed by atoms with E-state index in [9.17, 15) is 14.4 Å². The van der Waals surface area contributed by atoms with Crippen LogP contribution in [0.2, 0.25) is 0 Å². The van der Waals surface area contributed by atoms with Crippen molar-refractivity contribution < 1.29 is 19.1 Å². The Morgan fingerprint density at radius 3 is 2.55 bits per heavy atom. The molecule has 6 nitrogen and oxygen atoms in total. The highest BCUT2D eigenvalue weighted by atomic mass is 16.5. The Bertz CT molecular complexity index is 413. The number of rotatable bonds is 5. The molecule has 0 atom stereocenters. The van der Waals surface area contributed by atoms with Gasteiger partial charge in [-0.05, 0) is 32.6 Å². The predicted molar refractivity (Wildman–Crippen MR) is 71.9 cm³/mol. The molecule has 1 heterocycles. The standard InChI is InChI=1S/C14H22N2O4/c1-14(2)12(18)16(13(19)15-14)7-8-20-11(17)9-10-5-3-4-6-10/h10H,3-9H2,1-2H3,(H,15,19). The Hall–Kier alpha value is -1.59. The van der Waals surface area contributed by atoms with Crippen LogP contribution in [0.4, 0.5) is 4.79 Å². The molecule has 1 N–H and O–H groups in total. The van der Waals surface area contributed by atoms with Crippen LogP contribution in [0.15, 0.2) is 0 Å². The molecular weight excluding hydrogens is 260 g/mol. The van der Waals surface area contributed by atoms with E-state index in [0.29, 0.717) is 12.3 Å². The SMILES string of the molecule is CC1(C)NC(=O)N(CCOC(=O)CC2CCCC2)C1=O. The number of urea groups is 1. The fraction of sp³-hybridized carbons (Fsp3) is 0.786. The van der Waals surface area contributed by atoms with Gasteiger partial charge in [0.25, 0.3) is 5.91 Å². The molecular formula is C14H22N2O4. The highest BCUT2D eigenvalue weighted by Gasteiger charge is 2.43. The smallest absolute Gasteiger partial charge is 0.325 e. The molecule has 2 rings (SSSR count). The predicted octanol–water partition coefficient (Wildman–Crippen LogP) is 1.44. The summed E-state index contributed by atoms with van der Waals surface area (Å²) < 4.78 is 5.12. The normalized spacial score (nSPS) is 22.2. The van der Waals surface area contributed by atoms with Gasteiger partial charge in [0.05, 0.1) is 6.54 Å². The van der Waals surface area contributed by atoms with Crippen molar-refractivity contribution >= 4 is 17.9 Å². The van der Waals surface area contributed by atoms with E-state index in [0.717, 1.165) is 17.7 Å². The number of amides is 3. The maximum Gasteiger partial charge on any atom is 0.325 e. The lowest BCUT2D eigenvalue weighted by Crippen LogP contribution is -2.40. The summed E-state index contributed by atoms with van der Waals surface area (Å²) in [7, 11) is 0. The minimum atomic E-state index is -0.870. The second-order valence-corrected chi connectivity index (χ2v) is 6.09. The van der Waals surface area contributed by atoms with E-state index in [1.807, 2.05) is 0 Å². The van der Waals surface area contributed by atoms with Gasteiger partial charge in [0, 0.05) is 6.42 Å². The van der Waals surface area contributed by atoms with Gasteiger partial charge in [-0.3, -0.25) is 14.5 Å². The highest BCUT2D eigenvalue weighted by Crippen LogP contribution is 2.27. The van der Waals surface area contributed by atoms with Gasteiger partial charge in [0.2, 0.25) is 0 Å². The molecule has 3 amide bonds. The van der Waals surface area contributed by atoms with Gasteiger partial charge < -0.3 is 10.1 Å². The maximum absolute atomic E-state index is 11.9. The third kappa shape index (κ3) is 3.29. The largest absolute Gasteiger partial charge is 0.464 e. The number of nitrogens with zero attached hydrogens (tertiary/aromatic N) is 1. The molecule has 0 bridgehead atoms. The molecule has 0 radical (unpaired) electrons. The van der Waals surface area contributed by atoms with E-state index >= 15 is 0 Å². The lowest BCUT2D eigenvalue weighted by molar-refractivity contribution is -0.146. The zero-order chi connectivity index (χ0) is 14.8. The zero-order valence-electron chi connectivity index (χ0n) is 12.1. The van der Waals surface area contributed by atoms with E-state index in [1.54, 1.807) is 13.8 Å². The van der Waals surface area contributed by atoms with Gasteiger partial charge in [-0.1, -0.05) is 12.8 Å². The molecule has 0 unspecified atom stereocenters. The minimum Gasteiger partial charge on any atom is -0.464 e. The number of hydrogen-bond acceptors (Lipinski definition) is 4. The molecule has 2 aliphatic rings. The molecule has 0 aromatic rings. The average molecular weight is 282 g/mol. The number of carbonyl (C=O) groups is 3. The van der Waals surface area contributed by atoms with Crippen molar-refractivity contribution in [3.05, 3.63) is 0 Å². The fourth-order valence-corrected chi connectivity index (χ4v) is 2.78. The molecule has 1 aliphatic heterocycles.